The number of hydrogen-bond acceptors (Lipinski definition) is 11. The number of esters is 1. The SMILES string of the molecule is COC(=O)c1ncc2c(n1)N(C(=O)Nc1nccc(OC[C@@H]3COC(C)(C)O3)n1)[C@H]1CCCN2C1. The normalized spacial score (nSPS) is 22.4. The second kappa shape index (κ2) is 9.23. The van der Waals surface area contributed by atoms with Crippen LogP contribution in [0.15, 0.2) is 18.5 Å². The van der Waals surface area contributed by atoms with E-state index < -0.39 is 17.8 Å². The lowest BCUT2D eigenvalue weighted by Crippen LogP contribution is -2.56. The van der Waals surface area contributed by atoms with Gasteiger partial charge in [-0.25, -0.2) is 24.5 Å². The van der Waals surface area contributed by atoms with E-state index in [9.17, 15) is 9.59 Å². The summed E-state index contributed by atoms with van der Waals surface area (Å²) in [6, 6.07) is 1.01. The Morgan fingerprint density at radius 3 is 2.91 bits per heavy atom. The quantitative estimate of drug-likeness (QED) is 0.617. The summed E-state index contributed by atoms with van der Waals surface area (Å²) in [6.45, 7) is 5.83. The minimum absolute atomic E-state index is 0.0819. The molecule has 5 rings (SSSR count). The molecule has 2 saturated heterocycles. The highest BCUT2D eigenvalue weighted by molar-refractivity contribution is 6.03. The predicted molar refractivity (Wildman–Crippen MR) is 123 cm³/mol. The molecule has 0 saturated carbocycles. The van der Waals surface area contributed by atoms with Crippen LogP contribution in [0.3, 0.4) is 0 Å². The van der Waals surface area contributed by atoms with E-state index in [1.54, 1.807) is 17.2 Å². The Morgan fingerprint density at radius 2 is 2.14 bits per heavy atom. The highest BCUT2D eigenvalue weighted by Gasteiger charge is 2.39. The molecular formula is C22H27N7O6. The van der Waals surface area contributed by atoms with Gasteiger partial charge < -0.3 is 23.8 Å². The van der Waals surface area contributed by atoms with E-state index in [4.69, 9.17) is 18.9 Å². The molecule has 0 radical (unpaired) electrons. The number of aromatic nitrogens is 4. The highest BCUT2D eigenvalue weighted by atomic mass is 16.7. The van der Waals surface area contributed by atoms with Gasteiger partial charge in [0, 0.05) is 25.4 Å². The molecule has 2 aromatic heterocycles. The molecule has 186 valence electrons. The average Bonchev–Trinajstić information content (AvgIpc) is 3.21. The summed E-state index contributed by atoms with van der Waals surface area (Å²) in [5.74, 6) is -0.706. The van der Waals surface area contributed by atoms with Gasteiger partial charge in [-0.3, -0.25) is 10.2 Å². The van der Waals surface area contributed by atoms with Crippen molar-refractivity contribution in [2.75, 3.05) is 48.5 Å². The third-order valence-electron chi connectivity index (χ3n) is 6.00. The number of rotatable bonds is 5. The van der Waals surface area contributed by atoms with Crippen molar-refractivity contribution in [2.24, 2.45) is 0 Å². The van der Waals surface area contributed by atoms with Gasteiger partial charge >= 0.3 is 12.0 Å². The van der Waals surface area contributed by atoms with E-state index in [1.165, 1.54) is 13.3 Å². The van der Waals surface area contributed by atoms with Crippen molar-refractivity contribution in [2.45, 2.75) is 44.6 Å². The second-order valence-electron chi connectivity index (χ2n) is 8.92. The van der Waals surface area contributed by atoms with Crippen LogP contribution in [-0.2, 0) is 14.2 Å². The first-order valence-corrected chi connectivity index (χ1v) is 11.4. The highest BCUT2D eigenvalue weighted by Crippen LogP contribution is 2.37. The lowest BCUT2D eigenvalue weighted by Gasteiger charge is -2.45. The van der Waals surface area contributed by atoms with Crippen LogP contribution in [-0.4, -0.2) is 83.3 Å². The molecule has 1 N–H and O–H groups in total. The molecule has 13 heteroatoms. The Kier molecular flexibility index (Phi) is 6.11. The van der Waals surface area contributed by atoms with Crippen LogP contribution in [0, 0.1) is 0 Å². The maximum atomic E-state index is 13.4. The first-order valence-electron chi connectivity index (χ1n) is 11.4. The maximum absolute atomic E-state index is 13.4. The molecule has 0 aromatic carbocycles. The molecule has 2 atom stereocenters. The first-order chi connectivity index (χ1) is 16.8. The second-order valence-corrected chi connectivity index (χ2v) is 8.92. The fraction of sp³-hybridized carbons (Fsp3) is 0.545. The largest absolute Gasteiger partial charge is 0.475 e. The van der Waals surface area contributed by atoms with Crippen molar-refractivity contribution in [1.29, 1.82) is 0 Å². The molecule has 0 aliphatic carbocycles. The monoisotopic (exact) mass is 485 g/mol. The fourth-order valence-corrected chi connectivity index (χ4v) is 4.44. The smallest absolute Gasteiger partial charge is 0.376 e. The molecule has 35 heavy (non-hydrogen) atoms. The zero-order valence-electron chi connectivity index (χ0n) is 19.8. The minimum atomic E-state index is -0.674. The number of hydrogen-bond donors (Lipinski definition) is 1. The predicted octanol–water partition coefficient (Wildman–Crippen LogP) is 1.60. The average molecular weight is 486 g/mol. The van der Waals surface area contributed by atoms with Crippen molar-refractivity contribution in [3.05, 3.63) is 24.3 Å². The number of piperidine rings is 1. The van der Waals surface area contributed by atoms with Crippen molar-refractivity contribution < 1.29 is 28.5 Å². The molecular weight excluding hydrogens is 458 g/mol. The Hall–Kier alpha value is -3.58. The van der Waals surface area contributed by atoms with E-state index in [-0.39, 0.29) is 30.5 Å². The number of amides is 2. The van der Waals surface area contributed by atoms with Crippen LogP contribution in [0.25, 0.3) is 0 Å². The van der Waals surface area contributed by atoms with Gasteiger partial charge in [-0.2, -0.15) is 4.98 Å². The number of carbonyl (C=O) groups is 2. The molecule has 2 aromatic rings. The summed E-state index contributed by atoms with van der Waals surface area (Å²) in [6.07, 6.45) is 4.54. The molecule has 2 fully saturated rings. The van der Waals surface area contributed by atoms with E-state index in [0.29, 0.717) is 30.5 Å². The number of nitrogens with zero attached hydrogens (tertiary/aromatic N) is 6. The number of nitrogens with one attached hydrogen (secondary N) is 1. The lowest BCUT2D eigenvalue weighted by molar-refractivity contribution is -0.141. The van der Waals surface area contributed by atoms with E-state index in [2.05, 4.69) is 30.2 Å². The summed E-state index contributed by atoms with van der Waals surface area (Å²) in [5, 5.41) is 2.73. The topological polar surface area (TPSA) is 141 Å². The van der Waals surface area contributed by atoms with Gasteiger partial charge in [-0.05, 0) is 26.7 Å². The van der Waals surface area contributed by atoms with Crippen molar-refractivity contribution in [3.8, 4) is 5.88 Å². The van der Waals surface area contributed by atoms with Gasteiger partial charge in [-0.15, -0.1) is 0 Å². The van der Waals surface area contributed by atoms with E-state index in [0.717, 1.165) is 19.4 Å². The zero-order chi connectivity index (χ0) is 24.6. The number of fused-ring (bicyclic) bond motifs is 4. The lowest BCUT2D eigenvalue weighted by atomic mass is 10.0. The Labute approximate surface area is 201 Å². The Balaban J connectivity index is 1.33. The molecule has 13 nitrogen and oxygen atoms in total. The van der Waals surface area contributed by atoms with E-state index >= 15 is 0 Å². The summed E-state index contributed by atoms with van der Waals surface area (Å²) >= 11 is 0. The van der Waals surface area contributed by atoms with Crippen LogP contribution >= 0.6 is 0 Å². The van der Waals surface area contributed by atoms with Gasteiger partial charge in [0.2, 0.25) is 17.7 Å². The van der Waals surface area contributed by atoms with Crippen LogP contribution < -0.4 is 19.9 Å². The first kappa shape index (κ1) is 23.2. The molecule has 0 unspecified atom stereocenters. The third kappa shape index (κ3) is 4.82. The number of anilines is 3. The van der Waals surface area contributed by atoms with Gasteiger partial charge in [0.05, 0.1) is 31.6 Å². The number of urea groups is 1. The molecule has 3 aliphatic heterocycles. The van der Waals surface area contributed by atoms with Gasteiger partial charge in [0.25, 0.3) is 0 Å². The van der Waals surface area contributed by atoms with E-state index in [1.807, 2.05) is 13.8 Å². The molecule has 2 amide bonds. The summed E-state index contributed by atoms with van der Waals surface area (Å²) in [5.41, 5.74) is 0.684. The molecule has 0 spiro atoms. The van der Waals surface area contributed by atoms with Crippen LogP contribution in [0.2, 0.25) is 0 Å². The van der Waals surface area contributed by atoms with Crippen molar-refractivity contribution in [3.63, 3.8) is 0 Å². The Morgan fingerprint density at radius 1 is 1.29 bits per heavy atom. The third-order valence-corrected chi connectivity index (χ3v) is 6.00. The van der Waals surface area contributed by atoms with Crippen molar-refractivity contribution >= 4 is 29.5 Å². The molecule has 3 aliphatic rings. The van der Waals surface area contributed by atoms with Crippen LogP contribution in [0.4, 0.5) is 22.2 Å². The van der Waals surface area contributed by atoms with Crippen LogP contribution in [0.5, 0.6) is 5.88 Å². The summed E-state index contributed by atoms with van der Waals surface area (Å²) in [4.78, 5) is 46.0. The number of carbonyl (C=O) groups excluding carboxylic acids is 2. The Bertz CT molecular complexity index is 1130. The molecule has 5 heterocycles. The van der Waals surface area contributed by atoms with Gasteiger partial charge in [0.15, 0.2) is 11.6 Å². The van der Waals surface area contributed by atoms with Crippen LogP contribution in [0.1, 0.15) is 37.3 Å². The summed E-state index contributed by atoms with van der Waals surface area (Å²) in [7, 11) is 1.26. The van der Waals surface area contributed by atoms with Gasteiger partial charge in [0.1, 0.15) is 12.7 Å². The van der Waals surface area contributed by atoms with Gasteiger partial charge in [-0.1, -0.05) is 0 Å². The molecule has 2 bridgehead atoms. The summed E-state index contributed by atoms with van der Waals surface area (Å²) < 4.78 is 21.7. The standard InChI is InChI=1S/C22H27N7O6/c1-22(2)34-12-14(35-22)11-33-16-6-7-23-20(25-16)27-21(31)29-13-5-4-8-28(10-13)15-9-24-17(19(30)32-3)26-18(15)29/h6-7,9,13-14H,4-5,8,10-12H2,1-3H3,(H,23,25,27,31)/t13-,14+/m0/s1. The van der Waals surface area contributed by atoms with Crippen molar-refractivity contribution in [1.82, 2.24) is 19.9 Å². The fourth-order valence-electron chi connectivity index (χ4n) is 4.44. The number of methoxy groups -OCH3 is 1. The zero-order valence-corrected chi connectivity index (χ0v) is 19.8. The maximum Gasteiger partial charge on any atom is 0.376 e. The number of ether oxygens (including phenoxy) is 4. The minimum Gasteiger partial charge on any atom is -0.475 e.